The number of unbranched alkanes of at least 4 members (excludes halogenated alkanes) is 1. The number of aryl methyl sites for hydroxylation is 1. The number of hydrogen-bond donors (Lipinski definition) is 1. The molecule has 1 heterocycles. The lowest BCUT2D eigenvalue weighted by molar-refractivity contribution is 0.382. The van der Waals surface area contributed by atoms with E-state index in [1.54, 1.807) is 0 Å². The zero-order valence-electron chi connectivity index (χ0n) is 12.2. The van der Waals surface area contributed by atoms with Crippen LogP contribution < -0.4 is 5.73 Å². The zero-order valence-corrected chi connectivity index (χ0v) is 12.2. The van der Waals surface area contributed by atoms with Crippen LogP contribution in [0, 0.1) is 0 Å². The smallest absolute Gasteiger partial charge is 0.127 e. The molecular weight excluding hydrogens is 210 g/mol. The Labute approximate surface area is 105 Å². The van der Waals surface area contributed by atoms with Crippen LogP contribution in [-0.4, -0.2) is 9.55 Å². The van der Waals surface area contributed by atoms with Crippen molar-refractivity contribution in [3.8, 4) is 0 Å². The van der Waals surface area contributed by atoms with Crippen LogP contribution in [0.25, 0.3) is 0 Å². The molecule has 0 radical (unpaired) electrons. The molecule has 0 fully saturated rings. The van der Waals surface area contributed by atoms with Crippen LogP contribution in [0.4, 0.5) is 5.82 Å². The van der Waals surface area contributed by atoms with Crippen molar-refractivity contribution < 1.29 is 0 Å². The Kier molecular flexibility index (Phi) is 4.23. The van der Waals surface area contributed by atoms with Gasteiger partial charge in [-0.15, -0.1) is 0 Å². The summed E-state index contributed by atoms with van der Waals surface area (Å²) in [6, 6.07) is 0. The fourth-order valence-corrected chi connectivity index (χ4v) is 2.12. The molecule has 0 saturated heterocycles. The van der Waals surface area contributed by atoms with Gasteiger partial charge in [0.15, 0.2) is 0 Å². The van der Waals surface area contributed by atoms with E-state index in [4.69, 9.17) is 10.7 Å². The highest BCUT2D eigenvalue weighted by Gasteiger charge is 2.24. The third-order valence-corrected chi connectivity index (χ3v) is 2.97. The summed E-state index contributed by atoms with van der Waals surface area (Å²) in [4.78, 5) is 4.75. The molecule has 2 N–H and O–H groups in total. The predicted molar refractivity (Wildman–Crippen MR) is 74.3 cm³/mol. The van der Waals surface area contributed by atoms with Crippen LogP contribution in [0.2, 0.25) is 0 Å². The molecule has 0 aromatic carbocycles. The largest absolute Gasteiger partial charge is 0.384 e. The van der Waals surface area contributed by atoms with Crippen LogP contribution in [-0.2, 0) is 12.0 Å². The van der Waals surface area contributed by atoms with Gasteiger partial charge < -0.3 is 10.3 Å². The summed E-state index contributed by atoms with van der Waals surface area (Å²) in [5.74, 6) is 2.38. The fraction of sp³-hybridized carbons (Fsp3) is 0.786. The third-order valence-electron chi connectivity index (χ3n) is 2.97. The summed E-state index contributed by atoms with van der Waals surface area (Å²) < 4.78 is 2.20. The molecular formula is C14H27N3. The average molecular weight is 237 g/mol. The Morgan fingerprint density at radius 3 is 2.24 bits per heavy atom. The van der Waals surface area contributed by atoms with Gasteiger partial charge in [-0.25, -0.2) is 4.98 Å². The molecule has 3 nitrogen and oxygen atoms in total. The number of nitrogens with two attached hydrogens (primary N) is 1. The minimum absolute atomic E-state index is 0.00114. The summed E-state index contributed by atoms with van der Waals surface area (Å²) in [7, 11) is 0. The first-order valence-electron chi connectivity index (χ1n) is 6.66. The van der Waals surface area contributed by atoms with Gasteiger partial charge in [-0.2, -0.15) is 0 Å². The molecule has 0 aliphatic rings. The van der Waals surface area contributed by atoms with E-state index in [1.807, 2.05) is 0 Å². The Balaban J connectivity index is 3.21. The Morgan fingerprint density at radius 2 is 1.88 bits per heavy atom. The minimum atomic E-state index is 0.00114. The van der Waals surface area contributed by atoms with Crippen molar-refractivity contribution in [2.45, 2.75) is 72.3 Å². The molecule has 3 heteroatoms. The van der Waals surface area contributed by atoms with Crippen molar-refractivity contribution in [2.75, 3.05) is 5.73 Å². The second-order valence-corrected chi connectivity index (χ2v) is 6.07. The molecule has 98 valence electrons. The number of anilines is 1. The standard InChI is InChI=1S/C14H27N3/c1-7-8-9-11-12(15)17(14(4,5)6)13(16-11)10(2)3/h10H,7-9,15H2,1-6H3. The molecule has 0 aliphatic carbocycles. The molecule has 0 aliphatic heterocycles. The first-order valence-corrected chi connectivity index (χ1v) is 6.66. The summed E-state index contributed by atoms with van der Waals surface area (Å²) in [6.45, 7) is 13.1. The lowest BCUT2D eigenvalue weighted by Gasteiger charge is -2.26. The number of imidazole rings is 1. The number of rotatable bonds is 4. The van der Waals surface area contributed by atoms with E-state index in [-0.39, 0.29) is 5.54 Å². The number of hydrogen-bond acceptors (Lipinski definition) is 2. The third kappa shape index (κ3) is 3.02. The van der Waals surface area contributed by atoms with Crippen molar-refractivity contribution in [3.63, 3.8) is 0 Å². The summed E-state index contributed by atoms with van der Waals surface area (Å²) >= 11 is 0. The predicted octanol–water partition coefficient (Wildman–Crippen LogP) is 3.69. The molecule has 0 amide bonds. The van der Waals surface area contributed by atoms with E-state index >= 15 is 0 Å². The first-order chi connectivity index (χ1) is 7.79. The topological polar surface area (TPSA) is 43.8 Å². The maximum absolute atomic E-state index is 6.27. The van der Waals surface area contributed by atoms with E-state index in [0.29, 0.717) is 5.92 Å². The highest BCUT2D eigenvalue weighted by Crippen LogP contribution is 2.29. The van der Waals surface area contributed by atoms with Gasteiger partial charge >= 0.3 is 0 Å². The molecule has 0 bridgehead atoms. The van der Waals surface area contributed by atoms with Gasteiger partial charge in [0.25, 0.3) is 0 Å². The van der Waals surface area contributed by atoms with E-state index in [1.165, 1.54) is 6.42 Å². The maximum Gasteiger partial charge on any atom is 0.127 e. The second kappa shape index (κ2) is 5.11. The van der Waals surface area contributed by atoms with Crippen molar-refractivity contribution in [3.05, 3.63) is 11.5 Å². The lowest BCUT2D eigenvalue weighted by Crippen LogP contribution is -2.26. The molecule has 0 atom stereocenters. The van der Waals surface area contributed by atoms with Gasteiger partial charge in [0.05, 0.1) is 5.69 Å². The van der Waals surface area contributed by atoms with Gasteiger partial charge in [-0.3, -0.25) is 0 Å². The molecule has 0 saturated carbocycles. The van der Waals surface area contributed by atoms with E-state index in [0.717, 1.165) is 30.2 Å². The summed E-state index contributed by atoms with van der Waals surface area (Å²) in [5.41, 5.74) is 7.34. The van der Waals surface area contributed by atoms with Crippen LogP contribution >= 0.6 is 0 Å². The Bertz CT molecular complexity index is 370. The summed E-state index contributed by atoms with van der Waals surface area (Å²) in [6.07, 6.45) is 3.33. The van der Waals surface area contributed by atoms with E-state index in [9.17, 15) is 0 Å². The maximum atomic E-state index is 6.27. The molecule has 1 rings (SSSR count). The van der Waals surface area contributed by atoms with E-state index in [2.05, 4.69) is 46.1 Å². The van der Waals surface area contributed by atoms with Gasteiger partial charge in [-0.05, 0) is 33.6 Å². The first kappa shape index (κ1) is 14.1. The number of nitrogen functional groups attached to an aromatic ring is 1. The van der Waals surface area contributed by atoms with Crippen LogP contribution in [0.3, 0.4) is 0 Å². The SMILES string of the molecule is CCCCc1nc(C(C)C)n(C(C)(C)C)c1N. The zero-order chi connectivity index (χ0) is 13.2. The molecule has 1 aromatic rings. The van der Waals surface area contributed by atoms with Crippen LogP contribution in [0.5, 0.6) is 0 Å². The van der Waals surface area contributed by atoms with Gasteiger partial charge in [0, 0.05) is 11.5 Å². The van der Waals surface area contributed by atoms with Crippen molar-refractivity contribution in [1.29, 1.82) is 0 Å². The number of nitrogens with zero attached hydrogens (tertiary/aromatic N) is 2. The fourth-order valence-electron chi connectivity index (χ4n) is 2.12. The minimum Gasteiger partial charge on any atom is -0.384 e. The Morgan fingerprint density at radius 1 is 1.29 bits per heavy atom. The molecule has 0 spiro atoms. The van der Waals surface area contributed by atoms with Crippen molar-refractivity contribution in [1.82, 2.24) is 9.55 Å². The quantitative estimate of drug-likeness (QED) is 0.868. The highest BCUT2D eigenvalue weighted by molar-refractivity contribution is 5.40. The monoisotopic (exact) mass is 237 g/mol. The molecule has 0 unspecified atom stereocenters. The van der Waals surface area contributed by atoms with Gasteiger partial charge in [-0.1, -0.05) is 27.2 Å². The highest BCUT2D eigenvalue weighted by atomic mass is 15.2. The summed E-state index contributed by atoms with van der Waals surface area (Å²) in [5, 5.41) is 0. The van der Waals surface area contributed by atoms with Crippen LogP contribution in [0.15, 0.2) is 0 Å². The molecule has 17 heavy (non-hydrogen) atoms. The van der Waals surface area contributed by atoms with Crippen LogP contribution in [0.1, 0.15) is 71.8 Å². The normalized spacial score (nSPS) is 12.4. The van der Waals surface area contributed by atoms with Crippen molar-refractivity contribution in [2.24, 2.45) is 0 Å². The van der Waals surface area contributed by atoms with Gasteiger partial charge in [0.1, 0.15) is 11.6 Å². The van der Waals surface area contributed by atoms with E-state index < -0.39 is 0 Å². The van der Waals surface area contributed by atoms with Crippen molar-refractivity contribution >= 4 is 5.82 Å². The van der Waals surface area contributed by atoms with Gasteiger partial charge in [0.2, 0.25) is 0 Å². The molecule has 1 aromatic heterocycles. The average Bonchev–Trinajstić information content (AvgIpc) is 2.52. The number of aromatic nitrogens is 2. The second-order valence-electron chi connectivity index (χ2n) is 6.07. The lowest BCUT2D eigenvalue weighted by atomic mass is 10.1. The Hall–Kier alpha value is -0.990.